The van der Waals surface area contributed by atoms with Crippen LogP contribution in [0.15, 0.2) is 0 Å². The topological polar surface area (TPSA) is 71.0 Å². The molecule has 0 radical (unpaired) electrons. The second-order valence-corrected chi connectivity index (χ2v) is 4.19. The van der Waals surface area contributed by atoms with Crippen molar-refractivity contribution >= 4 is 0 Å². The van der Waals surface area contributed by atoms with Crippen LogP contribution in [-0.4, -0.2) is 62.4 Å². The Hall–Kier alpha value is -0.200. The highest BCUT2D eigenvalue weighted by atomic mass is 16.5. The highest BCUT2D eigenvalue weighted by Gasteiger charge is 2.09. The van der Waals surface area contributed by atoms with Gasteiger partial charge in [-0.25, -0.2) is 0 Å². The summed E-state index contributed by atoms with van der Waals surface area (Å²) in [6.45, 7) is 6.14. The Kier molecular flexibility index (Phi) is 9.86. The molecule has 0 aliphatic rings. The van der Waals surface area contributed by atoms with Gasteiger partial charge in [-0.3, -0.25) is 0 Å². The molecule has 0 saturated carbocycles. The zero-order chi connectivity index (χ0) is 12.4. The van der Waals surface area contributed by atoms with E-state index in [1.165, 1.54) is 0 Å². The van der Waals surface area contributed by atoms with Crippen molar-refractivity contribution in [2.45, 2.75) is 26.1 Å². The lowest BCUT2D eigenvalue weighted by molar-refractivity contribution is 0.0122. The molecule has 5 nitrogen and oxygen atoms in total. The summed E-state index contributed by atoms with van der Waals surface area (Å²) >= 11 is 0. The van der Waals surface area contributed by atoms with Crippen molar-refractivity contribution in [3.8, 4) is 0 Å². The second kappa shape index (κ2) is 9.99. The van der Waals surface area contributed by atoms with Crippen molar-refractivity contribution in [1.82, 2.24) is 5.32 Å². The van der Waals surface area contributed by atoms with E-state index in [4.69, 9.17) is 9.47 Å². The summed E-state index contributed by atoms with van der Waals surface area (Å²) in [6.07, 6.45) is -0.919. The fraction of sp³-hybridized carbons (Fsp3) is 1.00. The van der Waals surface area contributed by atoms with Crippen molar-refractivity contribution < 1.29 is 19.7 Å². The molecular weight excluding hydrogens is 210 g/mol. The average molecular weight is 235 g/mol. The van der Waals surface area contributed by atoms with Crippen molar-refractivity contribution in [3.63, 3.8) is 0 Å². The number of hydrogen-bond donors (Lipinski definition) is 3. The highest BCUT2D eigenvalue weighted by molar-refractivity contribution is 4.65. The molecule has 0 aromatic heterocycles. The first-order valence-corrected chi connectivity index (χ1v) is 5.71. The normalized spacial score (nSPS) is 15.4. The number of aliphatic hydroxyl groups is 2. The molecule has 0 aromatic rings. The van der Waals surface area contributed by atoms with Crippen LogP contribution in [-0.2, 0) is 9.47 Å². The molecule has 0 amide bonds. The molecule has 16 heavy (non-hydrogen) atoms. The van der Waals surface area contributed by atoms with E-state index in [1.54, 1.807) is 7.11 Å². The van der Waals surface area contributed by atoms with E-state index in [0.717, 1.165) is 0 Å². The van der Waals surface area contributed by atoms with Gasteiger partial charge in [0.1, 0.15) is 0 Å². The fourth-order valence-electron chi connectivity index (χ4n) is 1.05. The molecule has 0 heterocycles. The number of nitrogens with one attached hydrogen (secondary N) is 1. The van der Waals surface area contributed by atoms with Gasteiger partial charge in [-0.1, -0.05) is 13.8 Å². The van der Waals surface area contributed by atoms with Crippen LogP contribution in [0.3, 0.4) is 0 Å². The van der Waals surface area contributed by atoms with E-state index in [-0.39, 0.29) is 18.6 Å². The van der Waals surface area contributed by atoms with Crippen LogP contribution >= 0.6 is 0 Å². The van der Waals surface area contributed by atoms with Gasteiger partial charge in [0.15, 0.2) is 0 Å². The molecule has 2 atom stereocenters. The molecule has 98 valence electrons. The summed E-state index contributed by atoms with van der Waals surface area (Å²) < 4.78 is 9.97. The second-order valence-electron chi connectivity index (χ2n) is 4.19. The van der Waals surface area contributed by atoms with Gasteiger partial charge in [0.25, 0.3) is 0 Å². The Morgan fingerprint density at radius 2 is 1.81 bits per heavy atom. The molecule has 0 spiro atoms. The van der Waals surface area contributed by atoms with Gasteiger partial charge in [0.2, 0.25) is 0 Å². The van der Waals surface area contributed by atoms with Crippen LogP contribution in [0.4, 0.5) is 0 Å². The number of methoxy groups -OCH3 is 1. The predicted molar refractivity (Wildman–Crippen MR) is 62.4 cm³/mol. The van der Waals surface area contributed by atoms with E-state index in [1.807, 2.05) is 13.8 Å². The summed E-state index contributed by atoms with van der Waals surface area (Å²) in [4.78, 5) is 0. The van der Waals surface area contributed by atoms with E-state index in [9.17, 15) is 10.2 Å². The largest absolute Gasteiger partial charge is 0.392 e. The van der Waals surface area contributed by atoms with Crippen LogP contribution in [0.1, 0.15) is 13.8 Å². The van der Waals surface area contributed by atoms with Gasteiger partial charge in [-0.15, -0.1) is 0 Å². The van der Waals surface area contributed by atoms with Gasteiger partial charge >= 0.3 is 0 Å². The van der Waals surface area contributed by atoms with Gasteiger partial charge in [-0.2, -0.15) is 0 Å². The molecule has 2 unspecified atom stereocenters. The lowest BCUT2D eigenvalue weighted by atomic mass is 10.1. The average Bonchev–Trinajstić information content (AvgIpc) is 2.24. The summed E-state index contributed by atoms with van der Waals surface area (Å²) in [6, 6.07) is 0. The summed E-state index contributed by atoms with van der Waals surface area (Å²) in [7, 11) is 1.61. The number of aliphatic hydroxyl groups excluding tert-OH is 2. The molecule has 3 N–H and O–H groups in total. The molecule has 0 fully saturated rings. The lowest BCUT2D eigenvalue weighted by Crippen LogP contribution is -2.37. The van der Waals surface area contributed by atoms with Crippen molar-refractivity contribution in [2.75, 3.05) is 40.0 Å². The maximum Gasteiger partial charge on any atom is 0.0897 e. The van der Waals surface area contributed by atoms with E-state index < -0.39 is 6.10 Å². The van der Waals surface area contributed by atoms with Crippen molar-refractivity contribution in [2.24, 2.45) is 5.92 Å². The zero-order valence-corrected chi connectivity index (χ0v) is 10.5. The third-order valence-corrected chi connectivity index (χ3v) is 2.25. The molecular formula is C11H25NO4. The SMILES string of the molecule is COCCOCC(O)CNCC(O)C(C)C. The number of rotatable bonds is 10. The van der Waals surface area contributed by atoms with Gasteiger partial charge < -0.3 is 25.0 Å². The molecule has 0 aliphatic carbocycles. The maximum atomic E-state index is 9.49. The van der Waals surface area contributed by atoms with Gasteiger partial charge in [0, 0.05) is 20.2 Å². The van der Waals surface area contributed by atoms with E-state index in [2.05, 4.69) is 5.32 Å². The maximum absolute atomic E-state index is 9.49. The third-order valence-electron chi connectivity index (χ3n) is 2.25. The van der Waals surface area contributed by atoms with Crippen LogP contribution in [0.2, 0.25) is 0 Å². The van der Waals surface area contributed by atoms with Crippen molar-refractivity contribution in [3.05, 3.63) is 0 Å². The first kappa shape index (κ1) is 15.8. The number of hydrogen-bond acceptors (Lipinski definition) is 5. The lowest BCUT2D eigenvalue weighted by Gasteiger charge is -2.17. The molecule has 0 aliphatic heterocycles. The minimum absolute atomic E-state index is 0.225. The smallest absolute Gasteiger partial charge is 0.0897 e. The monoisotopic (exact) mass is 235 g/mol. The Morgan fingerprint density at radius 1 is 1.12 bits per heavy atom. The summed E-state index contributed by atoms with van der Waals surface area (Å²) in [5, 5.41) is 22.0. The summed E-state index contributed by atoms with van der Waals surface area (Å²) in [5.74, 6) is 0.225. The zero-order valence-electron chi connectivity index (χ0n) is 10.5. The Labute approximate surface area is 97.8 Å². The Morgan fingerprint density at radius 3 is 2.38 bits per heavy atom. The molecule has 5 heteroatoms. The fourth-order valence-corrected chi connectivity index (χ4v) is 1.05. The van der Waals surface area contributed by atoms with Gasteiger partial charge in [-0.05, 0) is 5.92 Å². The van der Waals surface area contributed by atoms with E-state index in [0.29, 0.717) is 26.3 Å². The quantitative estimate of drug-likeness (QED) is 0.450. The summed E-state index contributed by atoms with van der Waals surface area (Å²) in [5.41, 5.74) is 0. The number of ether oxygens (including phenoxy) is 2. The molecule has 0 bridgehead atoms. The standard InChI is InChI=1S/C11H25NO4/c1-9(2)11(14)7-12-6-10(13)8-16-5-4-15-3/h9-14H,4-8H2,1-3H3. The first-order valence-electron chi connectivity index (χ1n) is 5.71. The molecule has 0 saturated heterocycles. The first-order chi connectivity index (χ1) is 7.57. The molecule has 0 aromatic carbocycles. The van der Waals surface area contributed by atoms with E-state index >= 15 is 0 Å². The van der Waals surface area contributed by atoms with Crippen LogP contribution < -0.4 is 5.32 Å². The van der Waals surface area contributed by atoms with Gasteiger partial charge in [0.05, 0.1) is 32.0 Å². The Balaban J connectivity index is 3.33. The minimum atomic E-state index is -0.545. The van der Waals surface area contributed by atoms with Crippen LogP contribution in [0.25, 0.3) is 0 Å². The molecule has 0 rings (SSSR count). The Bertz CT molecular complexity index is 155. The third kappa shape index (κ3) is 9.06. The van der Waals surface area contributed by atoms with Crippen LogP contribution in [0, 0.1) is 5.92 Å². The van der Waals surface area contributed by atoms with Crippen molar-refractivity contribution in [1.29, 1.82) is 0 Å². The highest BCUT2D eigenvalue weighted by Crippen LogP contribution is 1.98. The minimum Gasteiger partial charge on any atom is -0.392 e. The predicted octanol–water partition coefficient (Wildman–Crippen LogP) is -0.383. The van der Waals surface area contributed by atoms with Crippen LogP contribution in [0.5, 0.6) is 0 Å².